The van der Waals surface area contributed by atoms with Crippen molar-refractivity contribution in [1.82, 2.24) is 14.8 Å². The molecule has 1 rings (SSSR count). The van der Waals surface area contributed by atoms with Crippen LogP contribution in [0.15, 0.2) is 0 Å². The van der Waals surface area contributed by atoms with Gasteiger partial charge in [-0.25, -0.2) is 26.3 Å². The average molecular weight is 341 g/mol. The normalized spacial score (nSPS) is 24.1. The maximum absolute atomic E-state index is 11.3. The molecule has 3 N–H and O–H groups in total. The van der Waals surface area contributed by atoms with E-state index in [1.165, 1.54) is 6.26 Å². The summed E-state index contributed by atoms with van der Waals surface area (Å²) in [5.74, 6) is 0.0867. The summed E-state index contributed by atoms with van der Waals surface area (Å²) in [6.45, 7) is 2.67. The van der Waals surface area contributed by atoms with Gasteiger partial charge in [0, 0.05) is 18.6 Å². The molecule has 0 radical (unpaired) electrons. The fourth-order valence-electron chi connectivity index (χ4n) is 2.50. The monoisotopic (exact) mass is 341 g/mol. The zero-order valence-electron chi connectivity index (χ0n) is 12.8. The predicted octanol–water partition coefficient (Wildman–Crippen LogP) is -0.234. The van der Waals surface area contributed by atoms with Crippen molar-refractivity contribution in [3.8, 4) is 0 Å². The highest BCUT2D eigenvalue weighted by Gasteiger charge is 2.26. The van der Waals surface area contributed by atoms with Gasteiger partial charge in [-0.2, -0.15) is 0 Å². The van der Waals surface area contributed by atoms with Gasteiger partial charge in [-0.1, -0.05) is 12.8 Å². The van der Waals surface area contributed by atoms with E-state index >= 15 is 0 Å². The van der Waals surface area contributed by atoms with Crippen molar-refractivity contribution in [3.05, 3.63) is 0 Å². The van der Waals surface area contributed by atoms with Crippen molar-refractivity contribution in [1.29, 1.82) is 0 Å². The molecule has 0 saturated heterocycles. The Bertz CT molecular complexity index is 505. The van der Waals surface area contributed by atoms with Gasteiger partial charge in [0.2, 0.25) is 20.0 Å². The number of rotatable bonds is 9. The molecule has 1 aliphatic rings. The van der Waals surface area contributed by atoms with Crippen LogP contribution in [-0.4, -0.2) is 54.0 Å². The van der Waals surface area contributed by atoms with Gasteiger partial charge < -0.3 is 5.32 Å². The van der Waals surface area contributed by atoms with E-state index in [9.17, 15) is 16.8 Å². The Morgan fingerprint density at radius 3 is 2.19 bits per heavy atom. The molecule has 1 saturated carbocycles. The standard InChI is InChI=1S/C12H27N3O4S2/c1-3-21(18,19)14-10-6-9-13-11-7-4-5-8-12(11)15-20(2,16)17/h11-15H,3-10H2,1-2H3/t11-,12+/m0/s1. The van der Waals surface area contributed by atoms with Crippen LogP contribution in [0.4, 0.5) is 0 Å². The SMILES string of the molecule is CCS(=O)(=O)NCCCN[C@H]1CCCC[C@H]1NS(C)(=O)=O. The van der Waals surface area contributed by atoms with Crippen molar-refractivity contribution in [2.24, 2.45) is 0 Å². The Labute approximate surface area is 128 Å². The van der Waals surface area contributed by atoms with Crippen molar-refractivity contribution in [3.63, 3.8) is 0 Å². The minimum atomic E-state index is -3.20. The van der Waals surface area contributed by atoms with Crippen LogP contribution in [0.5, 0.6) is 0 Å². The molecule has 21 heavy (non-hydrogen) atoms. The summed E-state index contributed by atoms with van der Waals surface area (Å²) < 4.78 is 50.4. The molecule has 0 aromatic rings. The molecule has 0 heterocycles. The van der Waals surface area contributed by atoms with Gasteiger partial charge >= 0.3 is 0 Å². The summed E-state index contributed by atoms with van der Waals surface area (Å²) >= 11 is 0. The van der Waals surface area contributed by atoms with E-state index in [4.69, 9.17) is 0 Å². The summed E-state index contributed by atoms with van der Waals surface area (Å²) in [5.41, 5.74) is 0. The molecule has 1 fully saturated rings. The van der Waals surface area contributed by atoms with Crippen molar-refractivity contribution in [2.45, 2.75) is 51.1 Å². The third kappa shape index (κ3) is 8.10. The van der Waals surface area contributed by atoms with Crippen LogP contribution in [0.1, 0.15) is 39.0 Å². The molecule has 2 atom stereocenters. The lowest BCUT2D eigenvalue weighted by atomic mass is 9.91. The van der Waals surface area contributed by atoms with Crippen LogP contribution in [0, 0.1) is 0 Å². The van der Waals surface area contributed by atoms with Crippen molar-refractivity contribution < 1.29 is 16.8 Å². The first-order valence-corrected chi connectivity index (χ1v) is 11.0. The van der Waals surface area contributed by atoms with Gasteiger partial charge in [0.15, 0.2) is 0 Å². The molecule has 9 heteroatoms. The van der Waals surface area contributed by atoms with Crippen LogP contribution in [0.25, 0.3) is 0 Å². The largest absolute Gasteiger partial charge is 0.312 e. The van der Waals surface area contributed by atoms with E-state index in [1.54, 1.807) is 6.92 Å². The van der Waals surface area contributed by atoms with E-state index in [0.717, 1.165) is 25.7 Å². The molecule has 0 bridgehead atoms. The fourth-order valence-corrected chi connectivity index (χ4v) is 3.99. The van der Waals surface area contributed by atoms with E-state index in [-0.39, 0.29) is 17.8 Å². The van der Waals surface area contributed by atoms with E-state index < -0.39 is 20.0 Å². The third-order valence-corrected chi connectivity index (χ3v) is 5.73. The molecule has 0 aliphatic heterocycles. The highest BCUT2D eigenvalue weighted by Crippen LogP contribution is 2.19. The number of sulfonamides is 2. The summed E-state index contributed by atoms with van der Waals surface area (Å²) in [6, 6.07) is 0.0531. The second-order valence-corrected chi connectivity index (χ2v) is 9.37. The smallest absolute Gasteiger partial charge is 0.211 e. The highest BCUT2D eigenvalue weighted by atomic mass is 32.2. The maximum Gasteiger partial charge on any atom is 0.211 e. The average Bonchev–Trinajstić information content (AvgIpc) is 2.38. The second-order valence-electron chi connectivity index (χ2n) is 5.49. The lowest BCUT2D eigenvalue weighted by Crippen LogP contribution is -2.51. The first-order chi connectivity index (χ1) is 9.73. The molecule has 0 aromatic carbocycles. The number of hydrogen-bond acceptors (Lipinski definition) is 5. The minimum absolute atomic E-state index is 0.0684. The first-order valence-electron chi connectivity index (χ1n) is 7.41. The van der Waals surface area contributed by atoms with Gasteiger partial charge in [0.25, 0.3) is 0 Å². The molecular weight excluding hydrogens is 314 g/mol. The van der Waals surface area contributed by atoms with Crippen molar-refractivity contribution >= 4 is 20.0 Å². The van der Waals surface area contributed by atoms with Gasteiger partial charge in [-0.15, -0.1) is 0 Å². The lowest BCUT2D eigenvalue weighted by Gasteiger charge is -2.32. The highest BCUT2D eigenvalue weighted by molar-refractivity contribution is 7.89. The minimum Gasteiger partial charge on any atom is -0.312 e. The first kappa shape index (κ1) is 18.8. The zero-order chi connectivity index (χ0) is 15.9. The summed E-state index contributed by atoms with van der Waals surface area (Å²) in [6.07, 6.45) is 5.75. The summed E-state index contributed by atoms with van der Waals surface area (Å²) in [7, 11) is -6.33. The molecule has 0 amide bonds. The summed E-state index contributed by atoms with van der Waals surface area (Å²) in [5, 5.41) is 3.34. The Morgan fingerprint density at radius 1 is 1.00 bits per heavy atom. The van der Waals surface area contributed by atoms with Crippen LogP contribution in [-0.2, 0) is 20.0 Å². The Morgan fingerprint density at radius 2 is 1.62 bits per heavy atom. The fraction of sp³-hybridized carbons (Fsp3) is 1.00. The van der Waals surface area contributed by atoms with E-state index in [2.05, 4.69) is 14.8 Å². The van der Waals surface area contributed by atoms with Crippen LogP contribution < -0.4 is 14.8 Å². The van der Waals surface area contributed by atoms with Crippen LogP contribution >= 0.6 is 0 Å². The predicted molar refractivity (Wildman–Crippen MR) is 84.1 cm³/mol. The molecule has 126 valence electrons. The quantitative estimate of drug-likeness (QED) is 0.502. The second kappa shape index (κ2) is 8.42. The van der Waals surface area contributed by atoms with Crippen molar-refractivity contribution in [2.75, 3.05) is 25.1 Å². The maximum atomic E-state index is 11.3. The van der Waals surface area contributed by atoms with Crippen LogP contribution in [0.3, 0.4) is 0 Å². The van der Waals surface area contributed by atoms with Gasteiger partial charge in [-0.05, 0) is 32.7 Å². The Hall–Kier alpha value is -0.220. The molecule has 1 aliphatic carbocycles. The summed E-state index contributed by atoms with van der Waals surface area (Å²) in [4.78, 5) is 0. The molecule has 7 nitrogen and oxygen atoms in total. The molecular formula is C12H27N3O4S2. The number of nitrogens with one attached hydrogen (secondary N) is 3. The Balaban J connectivity index is 2.31. The Kier molecular flexibility index (Phi) is 7.55. The van der Waals surface area contributed by atoms with Crippen LogP contribution in [0.2, 0.25) is 0 Å². The topological polar surface area (TPSA) is 104 Å². The van der Waals surface area contributed by atoms with Gasteiger partial charge in [-0.3, -0.25) is 0 Å². The third-order valence-electron chi connectivity index (χ3n) is 3.59. The van der Waals surface area contributed by atoms with Gasteiger partial charge in [0.1, 0.15) is 0 Å². The zero-order valence-corrected chi connectivity index (χ0v) is 14.4. The van der Waals surface area contributed by atoms with E-state index in [0.29, 0.717) is 19.5 Å². The van der Waals surface area contributed by atoms with E-state index in [1.807, 2.05) is 0 Å². The molecule has 0 unspecified atom stereocenters. The van der Waals surface area contributed by atoms with Gasteiger partial charge in [0.05, 0.1) is 12.0 Å². The number of hydrogen-bond donors (Lipinski definition) is 3. The molecule has 0 aromatic heterocycles. The lowest BCUT2D eigenvalue weighted by molar-refractivity contribution is 0.310. The molecule has 0 spiro atoms.